The van der Waals surface area contributed by atoms with E-state index in [9.17, 15) is 0 Å². The highest BCUT2D eigenvalue weighted by Gasteiger charge is 2.13. The van der Waals surface area contributed by atoms with Gasteiger partial charge in [0.15, 0.2) is 5.11 Å². The first-order chi connectivity index (χ1) is 10.5. The summed E-state index contributed by atoms with van der Waals surface area (Å²) in [5.74, 6) is 0. The highest BCUT2D eigenvalue weighted by atomic mass is 79.9. The van der Waals surface area contributed by atoms with E-state index in [0.29, 0.717) is 5.11 Å². The van der Waals surface area contributed by atoms with Crippen molar-refractivity contribution in [3.05, 3.63) is 63.6 Å². The second-order valence-electron chi connectivity index (χ2n) is 5.43. The molecule has 1 atom stereocenters. The van der Waals surface area contributed by atoms with Crippen molar-refractivity contribution in [2.75, 3.05) is 5.32 Å². The van der Waals surface area contributed by atoms with Crippen LogP contribution in [0.15, 0.2) is 46.9 Å². The van der Waals surface area contributed by atoms with Crippen LogP contribution in [0.2, 0.25) is 0 Å². The molecule has 0 radical (unpaired) electrons. The summed E-state index contributed by atoms with van der Waals surface area (Å²) >= 11 is 8.92. The molecule has 0 aliphatic heterocycles. The van der Waals surface area contributed by atoms with E-state index in [1.165, 1.54) is 16.7 Å². The lowest BCUT2D eigenvalue weighted by Gasteiger charge is -2.22. The maximum absolute atomic E-state index is 5.45. The minimum Gasteiger partial charge on any atom is -0.356 e. The fourth-order valence-corrected chi connectivity index (χ4v) is 3.17. The fraction of sp³-hybridized carbons (Fsp3) is 0.278. The molecule has 0 amide bonds. The molecule has 4 heteroatoms. The number of hydrogen-bond donors (Lipinski definition) is 2. The Hall–Kier alpha value is -1.39. The van der Waals surface area contributed by atoms with E-state index in [1.54, 1.807) is 0 Å². The zero-order chi connectivity index (χ0) is 16.1. The molecule has 0 fully saturated rings. The van der Waals surface area contributed by atoms with Gasteiger partial charge < -0.3 is 10.6 Å². The molecule has 0 saturated heterocycles. The molecular formula is C18H21BrN2S. The minimum absolute atomic E-state index is 0.216. The molecule has 0 aromatic heterocycles. The molecule has 2 aromatic carbocycles. The average molecular weight is 377 g/mol. The van der Waals surface area contributed by atoms with Crippen molar-refractivity contribution in [1.82, 2.24) is 5.32 Å². The van der Waals surface area contributed by atoms with Crippen LogP contribution in [0.3, 0.4) is 0 Å². The Morgan fingerprint density at radius 3 is 2.59 bits per heavy atom. The van der Waals surface area contributed by atoms with E-state index >= 15 is 0 Å². The maximum atomic E-state index is 5.45. The lowest BCUT2D eigenvalue weighted by atomic mass is 9.98. The van der Waals surface area contributed by atoms with Crippen LogP contribution in [0.5, 0.6) is 0 Å². The van der Waals surface area contributed by atoms with E-state index < -0.39 is 0 Å². The lowest BCUT2D eigenvalue weighted by Crippen LogP contribution is -2.32. The second kappa shape index (κ2) is 7.75. The Bertz CT molecular complexity index is 670. The highest BCUT2D eigenvalue weighted by Crippen LogP contribution is 2.22. The standard InChI is InChI=1S/C18H21BrN2S/c1-4-17(16-9-8-12(2)10-13(16)3)21-18(22)20-15-7-5-6-14(19)11-15/h5-11,17H,4H2,1-3H3,(H2,20,21,22). The zero-order valence-electron chi connectivity index (χ0n) is 13.1. The summed E-state index contributed by atoms with van der Waals surface area (Å²) in [4.78, 5) is 0. The van der Waals surface area contributed by atoms with Crippen LogP contribution in [0, 0.1) is 13.8 Å². The number of anilines is 1. The minimum atomic E-state index is 0.216. The first-order valence-electron chi connectivity index (χ1n) is 7.40. The molecule has 0 aliphatic rings. The molecule has 0 saturated carbocycles. The van der Waals surface area contributed by atoms with Crippen LogP contribution in [-0.2, 0) is 0 Å². The van der Waals surface area contributed by atoms with Crippen LogP contribution in [-0.4, -0.2) is 5.11 Å². The summed E-state index contributed by atoms with van der Waals surface area (Å²) in [5, 5.41) is 7.30. The Kier molecular flexibility index (Phi) is 5.98. The van der Waals surface area contributed by atoms with Crippen molar-refractivity contribution in [3.8, 4) is 0 Å². The van der Waals surface area contributed by atoms with Crippen LogP contribution < -0.4 is 10.6 Å². The van der Waals surface area contributed by atoms with E-state index in [0.717, 1.165) is 16.6 Å². The van der Waals surface area contributed by atoms with Gasteiger partial charge in [0, 0.05) is 10.2 Å². The van der Waals surface area contributed by atoms with E-state index in [2.05, 4.69) is 65.5 Å². The predicted octanol–water partition coefficient (Wildman–Crippen LogP) is 5.50. The molecule has 0 spiro atoms. The zero-order valence-corrected chi connectivity index (χ0v) is 15.5. The lowest BCUT2D eigenvalue weighted by molar-refractivity contribution is 0.625. The number of nitrogens with one attached hydrogen (secondary N) is 2. The summed E-state index contributed by atoms with van der Waals surface area (Å²) < 4.78 is 1.03. The van der Waals surface area contributed by atoms with Crippen molar-refractivity contribution in [1.29, 1.82) is 0 Å². The maximum Gasteiger partial charge on any atom is 0.171 e. The molecule has 2 N–H and O–H groups in total. The molecule has 0 heterocycles. The van der Waals surface area contributed by atoms with Gasteiger partial charge >= 0.3 is 0 Å². The summed E-state index contributed by atoms with van der Waals surface area (Å²) in [5.41, 5.74) is 4.85. The average Bonchev–Trinajstić information content (AvgIpc) is 2.45. The Labute approximate surface area is 146 Å². The van der Waals surface area contributed by atoms with Crippen molar-refractivity contribution in [2.24, 2.45) is 0 Å². The van der Waals surface area contributed by atoms with Gasteiger partial charge in [0.2, 0.25) is 0 Å². The Morgan fingerprint density at radius 1 is 1.18 bits per heavy atom. The van der Waals surface area contributed by atoms with Gasteiger partial charge in [-0.05, 0) is 61.8 Å². The Morgan fingerprint density at radius 2 is 1.95 bits per heavy atom. The number of rotatable bonds is 4. The topological polar surface area (TPSA) is 24.1 Å². The SMILES string of the molecule is CCC(NC(=S)Nc1cccc(Br)c1)c1ccc(C)cc1C. The molecule has 0 bridgehead atoms. The fourth-order valence-electron chi connectivity index (χ4n) is 2.51. The summed E-state index contributed by atoms with van der Waals surface area (Å²) in [6.45, 7) is 6.43. The molecule has 1 unspecified atom stereocenters. The van der Waals surface area contributed by atoms with Crippen LogP contribution in [0.4, 0.5) is 5.69 Å². The number of thiocarbonyl (C=S) groups is 1. The smallest absolute Gasteiger partial charge is 0.171 e. The molecule has 2 rings (SSSR count). The molecule has 22 heavy (non-hydrogen) atoms. The van der Waals surface area contributed by atoms with Crippen molar-refractivity contribution >= 4 is 38.9 Å². The van der Waals surface area contributed by atoms with Crippen LogP contribution in [0.25, 0.3) is 0 Å². The van der Waals surface area contributed by atoms with Crippen molar-refractivity contribution in [2.45, 2.75) is 33.2 Å². The first kappa shape index (κ1) is 17.0. The summed E-state index contributed by atoms with van der Waals surface area (Å²) in [6.07, 6.45) is 0.976. The largest absolute Gasteiger partial charge is 0.356 e. The molecule has 2 aromatic rings. The van der Waals surface area contributed by atoms with Crippen molar-refractivity contribution in [3.63, 3.8) is 0 Å². The van der Waals surface area contributed by atoms with Gasteiger partial charge in [-0.25, -0.2) is 0 Å². The number of hydrogen-bond acceptors (Lipinski definition) is 1. The Balaban J connectivity index is 2.08. The van der Waals surface area contributed by atoms with E-state index in [4.69, 9.17) is 12.2 Å². The quantitative estimate of drug-likeness (QED) is 0.688. The molecule has 2 nitrogen and oxygen atoms in total. The molecule has 116 valence electrons. The molecule has 0 aliphatic carbocycles. The van der Waals surface area contributed by atoms with Gasteiger partial charge in [0.1, 0.15) is 0 Å². The van der Waals surface area contributed by atoms with Crippen LogP contribution >= 0.6 is 28.1 Å². The van der Waals surface area contributed by atoms with Gasteiger partial charge in [-0.3, -0.25) is 0 Å². The van der Waals surface area contributed by atoms with Gasteiger partial charge in [0.05, 0.1) is 6.04 Å². The van der Waals surface area contributed by atoms with Gasteiger partial charge in [-0.1, -0.05) is 52.7 Å². The molecular weight excluding hydrogens is 356 g/mol. The van der Waals surface area contributed by atoms with Crippen molar-refractivity contribution < 1.29 is 0 Å². The third-order valence-electron chi connectivity index (χ3n) is 3.60. The van der Waals surface area contributed by atoms with E-state index in [-0.39, 0.29) is 6.04 Å². The highest BCUT2D eigenvalue weighted by molar-refractivity contribution is 9.10. The second-order valence-corrected chi connectivity index (χ2v) is 6.75. The van der Waals surface area contributed by atoms with Crippen LogP contribution in [0.1, 0.15) is 36.1 Å². The predicted molar refractivity (Wildman–Crippen MR) is 102 cm³/mol. The third-order valence-corrected chi connectivity index (χ3v) is 4.31. The number of aryl methyl sites for hydroxylation is 2. The first-order valence-corrected chi connectivity index (χ1v) is 8.60. The van der Waals surface area contributed by atoms with E-state index in [1.807, 2.05) is 24.3 Å². The number of benzene rings is 2. The monoisotopic (exact) mass is 376 g/mol. The third kappa shape index (κ3) is 4.55. The summed E-state index contributed by atoms with van der Waals surface area (Å²) in [7, 11) is 0. The van der Waals surface area contributed by atoms with Gasteiger partial charge in [-0.2, -0.15) is 0 Å². The van der Waals surface area contributed by atoms with Gasteiger partial charge in [0.25, 0.3) is 0 Å². The number of halogens is 1. The normalized spacial score (nSPS) is 11.8. The van der Waals surface area contributed by atoms with Gasteiger partial charge in [-0.15, -0.1) is 0 Å². The summed E-state index contributed by atoms with van der Waals surface area (Å²) in [6, 6.07) is 14.7.